The first-order valence-corrected chi connectivity index (χ1v) is 9.95. The SMILES string of the molecule is c1cc(-c2ccc3ccccc3c2)cc(-c2ccc3[nH]c4ccccc4c3c2)c1. The van der Waals surface area contributed by atoms with E-state index >= 15 is 0 Å². The van der Waals surface area contributed by atoms with Crippen LogP contribution in [0.2, 0.25) is 0 Å². The molecule has 1 heteroatoms. The minimum Gasteiger partial charge on any atom is -0.355 e. The van der Waals surface area contributed by atoms with Gasteiger partial charge in [0.15, 0.2) is 0 Å². The summed E-state index contributed by atoms with van der Waals surface area (Å²) in [5.41, 5.74) is 7.34. The monoisotopic (exact) mass is 369 g/mol. The van der Waals surface area contributed by atoms with Crippen molar-refractivity contribution >= 4 is 32.6 Å². The molecule has 136 valence electrons. The minimum absolute atomic E-state index is 1.18. The van der Waals surface area contributed by atoms with Crippen LogP contribution in [0.25, 0.3) is 54.8 Å². The topological polar surface area (TPSA) is 15.8 Å². The molecule has 1 heterocycles. The normalized spacial score (nSPS) is 11.4. The molecule has 6 aromatic rings. The van der Waals surface area contributed by atoms with E-state index in [4.69, 9.17) is 0 Å². The van der Waals surface area contributed by atoms with Gasteiger partial charge in [-0.3, -0.25) is 0 Å². The van der Waals surface area contributed by atoms with E-state index in [9.17, 15) is 0 Å². The van der Waals surface area contributed by atoms with Crippen LogP contribution in [0.1, 0.15) is 0 Å². The number of para-hydroxylation sites is 1. The van der Waals surface area contributed by atoms with Crippen LogP contribution < -0.4 is 0 Å². The number of benzene rings is 5. The Kier molecular flexibility index (Phi) is 3.54. The van der Waals surface area contributed by atoms with Gasteiger partial charge in [0.25, 0.3) is 0 Å². The number of aromatic amines is 1. The van der Waals surface area contributed by atoms with Crippen LogP contribution in [0.15, 0.2) is 109 Å². The van der Waals surface area contributed by atoms with Gasteiger partial charge in [-0.1, -0.05) is 78.9 Å². The van der Waals surface area contributed by atoms with Gasteiger partial charge in [0.05, 0.1) is 0 Å². The van der Waals surface area contributed by atoms with Crippen molar-refractivity contribution in [3.63, 3.8) is 0 Å². The first-order valence-electron chi connectivity index (χ1n) is 9.95. The Morgan fingerprint density at radius 3 is 1.93 bits per heavy atom. The third-order valence-electron chi connectivity index (χ3n) is 5.78. The summed E-state index contributed by atoms with van der Waals surface area (Å²) in [5, 5.41) is 5.09. The molecule has 0 amide bonds. The maximum absolute atomic E-state index is 3.51. The van der Waals surface area contributed by atoms with Crippen LogP contribution in [-0.2, 0) is 0 Å². The summed E-state index contributed by atoms with van der Waals surface area (Å²) in [4.78, 5) is 3.51. The molecule has 29 heavy (non-hydrogen) atoms. The highest BCUT2D eigenvalue weighted by atomic mass is 14.7. The maximum atomic E-state index is 3.51. The second-order valence-corrected chi connectivity index (χ2v) is 7.57. The van der Waals surface area contributed by atoms with E-state index in [1.54, 1.807) is 0 Å². The highest BCUT2D eigenvalue weighted by molar-refractivity contribution is 6.08. The van der Waals surface area contributed by atoms with E-state index in [0.717, 1.165) is 0 Å². The van der Waals surface area contributed by atoms with Gasteiger partial charge in [-0.2, -0.15) is 0 Å². The third-order valence-corrected chi connectivity index (χ3v) is 5.78. The Morgan fingerprint density at radius 1 is 0.379 bits per heavy atom. The zero-order chi connectivity index (χ0) is 19.2. The van der Waals surface area contributed by atoms with Crippen molar-refractivity contribution in [3.05, 3.63) is 109 Å². The zero-order valence-electron chi connectivity index (χ0n) is 15.9. The molecule has 1 N–H and O–H groups in total. The van der Waals surface area contributed by atoms with Crippen LogP contribution in [0.3, 0.4) is 0 Å². The second-order valence-electron chi connectivity index (χ2n) is 7.57. The summed E-state index contributed by atoms with van der Waals surface area (Å²) in [5.74, 6) is 0. The van der Waals surface area contributed by atoms with Gasteiger partial charge >= 0.3 is 0 Å². The molecule has 0 bridgehead atoms. The molecule has 1 aromatic heterocycles. The Hall–Kier alpha value is -3.84. The van der Waals surface area contributed by atoms with E-state index in [-0.39, 0.29) is 0 Å². The van der Waals surface area contributed by atoms with E-state index in [0.29, 0.717) is 0 Å². The smallest absolute Gasteiger partial charge is 0.0465 e. The fourth-order valence-corrected chi connectivity index (χ4v) is 4.27. The van der Waals surface area contributed by atoms with Gasteiger partial charge in [-0.05, 0) is 63.4 Å². The Balaban J connectivity index is 1.48. The zero-order valence-corrected chi connectivity index (χ0v) is 15.9. The van der Waals surface area contributed by atoms with Crippen molar-refractivity contribution in [1.82, 2.24) is 4.98 Å². The standard InChI is InChI=1S/C28H19N/c1-2-7-20-16-23(13-12-19(20)6-1)21-8-5-9-22(17-21)24-14-15-28-26(18-24)25-10-3-4-11-27(25)29-28/h1-18,29H. The number of aromatic nitrogens is 1. The van der Waals surface area contributed by atoms with E-state index in [1.807, 2.05) is 0 Å². The Morgan fingerprint density at radius 2 is 1.03 bits per heavy atom. The number of hydrogen-bond donors (Lipinski definition) is 1. The predicted octanol–water partition coefficient (Wildman–Crippen LogP) is 7.81. The summed E-state index contributed by atoms with van der Waals surface area (Å²) in [6.45, 7) is 0. The molecule has 5 aromatic carbocycles. The lowest BCUT2D eigenvalue weighted by molar-refractivity contribution is 1.54. The van der Waals surface area contributed by atoms with Gasteiger partial charge in [-0.15, -0.1) is 0 Å². The van der Waals surface area contributed by atoms with Gasteiger partial charge in [-0.25, -0.2) is 0 Å². The molecule has 0 aliphatic rings. The largest absolute Gasteiger partial charge is 0.355 e. The molecular weight excluding hydrogens is 350 g/mol. The van der Waals surface area contributed by atoms with E-state index in [2.05, 4.69) is 114 Å². The Bertz CT molecular complexity index is 1500. The van der Waals surface area contributed by atoms with Crippen LogP contribution in [0.4, 0.5) is 0 Å². The summed E-state index contributed by atoms with van der Waals surface area (Å²) >= 11 is 0. The van der Waals surface area contributed by atoms with Gasteiger partial charge in [0.1, 0.15) is 0 Å². The first-order chi connectivity index (χ1) is 14.3. The molecule has 0 fully saturated rings. The molecule has 0 unspecified atom stereocenters. The van der Waals surface area contributed by atoms with Gasteiger partial charge in [0.2, 0.25) is 0 Å². The van der Waals surface area contributed by atoms with E-state index in [1.165, 1.54) is 54.8 Å². The third kappa shape index (κ3) is 2.71. The molecule has 0 radical (unpaired) electrons. The van der Waals surface area contributed by atoms with Crippen molar-refractivity contribution in [2.75, 3.05) is 0 Å². The fraction of sp³-hybridized carbons (Fsp3) is 0. The summed E-state index contributed by atoms with van der Waals surface area (Å²) in [6.07, 6.45) is 0. The molecule has 0 spiro atoms. The quantitative estimate of drug-likeness (QED) is 0.320. The van der Waals surface area contributed by atoms with Gasteiger partial charge in [0, 0.05) is 21.8 Å². The lowest BCUT2D eigenvalue weighted by Crippen LogP contribution is -1.82. The van der Waals surface area contributed by atoms with Crippen molar-refractivity contribution in [2.24, 2.45) is 0 Å². The predicted molar refractivity (Wildman–Crippen MR) is 124 cm³/mol. The molecule has 1 nitrogen and oxygen atoms in total. The fourth-order valence-electron chi connectivity index (χ4n) is 4.27. The average molecular weight is 369 g/mol. The highest BCUT2D eigenvalue weighted by Crippen LogP contribution is 2.32. The molecule has 0 saturated carbocycles. The van der Waals surface area contributed by atoms with Crippen molar-refractivity contribution in [1.29, 1.82) is 0 Å². The Labute approximate surface area is 169 Å². The lowest BCUT2D eigenvalue weighted by atomic mass is 9.96. The molecule has 0 aliphatic carbocycles. The molecular formula is C28H19N. The van der Waals surface area contributed by atoms with Crippen molar-refractivity contribution in [3.8, 4) is 22.3 Å². The van der Waals surface area contributed by atoms with E-state index < -0.39 is 0 Å². The average Bonchev–Trinajstić information content (AvgIpc) is 3.17. The maximum Gasteiger partial charge on any atom is 0.0465 e. The molecule has 0 aliphatic heterocycles. The van der Waals surface area contributed by atoms with Crippen LogP contribution >= 0.6 is 0 Å². The molecule has 0 saturated heterocycles. The lowest BCUT2D eigenvalue weighted by Gasteiger charge is -2.08. The number of hydrogen-bond acceptors (Lipinski definition) is 0. The summed E-state index contributed by atoms with van der Waals surface area (Å²) in [6, 6.07) is 39.2. The first kappa shape index (κ1) is 16.1. The van der Waals surface area contributed by atoms with Crippen LogP contribution in [0.5, 0.6) is 0 Å². The van der Waals surface area contributed by atoms with Crippen molar-refractivity contribution in [2.45, 2.75) is 0 Å². The second kappa shape index (κ2) is 6.35. The highest BCUT2D eigenvalue weighted by Gasteiger charge is 2.07. The number of rotatable bonds is 2. The van der Waals surface area contributed by atoms with Crippen LogP contribution in [0, 0.1) is 0 Å². The minimum atomic E-state index is 1.18. The molecule has 6 rings (SSSR count). The number of fused-ring (bicyclic) bond motifs is 4. The van der Waals surface area contributed by atoms with Crippen molar-refractivity contribution < 1.29 is 0 Å². The van der Waals surface area contributed by atoms with Gasteiger partial charge < -0.3 is 4.98 Å². The summed E-state index contributed by atoms with van der Waals surface area (Å²) < 4.78 is 0. The van der Waals surface area contributed by atoms with Crippen LogP contribution in [-0.4, -0.2) is 4.98 Å². The number of nitrogens with one attached hydrogen (secondary N) is 1. The molecule has 0 atom stereocenters. The summed E-state index contributed by atoms with van der Waals surface area (Å²) in [7, 11) is 0. The number of H-pyrrole nitrogens is 1.